The molecule has 0 N–H and O–H groups in total. The summed E-state index contributed by atoms with van der Waals surface area (Å²) in [7, 11) is -3.05. The van der Waals surface area contributed by atoms with E-state index < -0.39 is 16.6 Å². The summed E-state index contributed by atoms with van der Waals surface area (Å²) in [5.74, 6) is 1.28. The van der Waals surface area contributed by atoms with Crippen LogP contribution >= 0.6 is 0 Å². The summed E-state index contributed by atoms with van der Waals surface area (Å²) in [6.07, 6.45) is 14.4. The number of rotatable bonds is 13. The highest BCUT2D eigenvalue weighted by Gasteiger charge is 2.36. The van der Waals surface area contributed by atoms with E-state index in [1.165, 1.54) is 62.8 Å². The number of hydrogen-bond acceptors (Lipinski definition) is 4. The minimum Gasteiger partial charge on any atom is -0.418 e. The first-order chi connectivity index (χ1) is 18.4. The third-order valence-corrected chi connectivity index (χ3v) is 11.0. The van der Waals surface area contributed by atoms with E-state index in [-0.39, 0.29) is 10.8 Å². The van der Waals surface area contributed by atoms with Gasteiger partial charge in [0.25, 0.3) is 0 Å². The Morgan fingerprint density at radius 3 is 1.20 bits per heavy atom. The first-order valence-electron chi connectivity index (χ1n) is 16.8. The summed E-state index contributed by atoms with van der Waals surface area (Å²) in [4.78, 5) is 11.4. The van der Waals surface area contributed by atoms with Crippen LogP contribution < -0.4 is 0 Å². The average Bonchev–Trinajstić information content (AvgIpc) is 2.81. The normalized spacial score (nSPS) is 26.3. The van der Waals surface area contributed by atoms with Crippen LogP contribution in [0.15, 0.2) is 9.98 Å². The van der Waals surface area contributed by atoms with E-state index in [0.29, 0.717) is 23.9 Å². The fraction of sp³-hybridized carbons (Fsp3) is 0.941. The SMILES string of the molecule is CC(C)(C)C1CCCCC1N=C(CCCO[Si](C)(C)C)C(CCCO[Si](C)(C)C)=NC1CCCCC1C(C)(C)C. The summed E-state index contributed by atoms with van der Waals surface area (Å²) in [6.45, 7) is 29.9. The standard InChI is InChI=1S/C34H68N2O2Si2/c1-33(2,3)27-19-13-15-21-29(27)35-31(23-17-25-37-39(7,8)9)32(24-18-26-38-40(10,11)12)36-30-22-16-14-20-28(30)34(4,5)6/h27-30H,13-26H2,1-12H3. The lowest BCUT2D eigenvalue weighted by atomic mass is 9.69. The van der Waals surface area contributed by atoms with Crippen molar-refractivity contribution in [3.8, 4) is 0 Å². The predicted octanol–water partition coefficient (Wildman–Crippen LogP) is 10.3. The molecule has 0 saturated heterocycles. The fourth-order valence-corrected chi connectivity index (χ4v) is 8.27. The minimum atomic E-state index is -1.53. The van der Waals surface area contributed by atoms with E-state index in [2.05, 4.69) is 80.8 Å². The number of hydrogen-bond donors (Lipinski definition) is 0. The van der Waals surface area contributed by atoms with Crippen LogP contribution in [0.25, 0.3) is 0 Å². The van der Waals surface area contributed by atoms with Gasteiger partial charge in [0, 0.05) is 13.2 Å². The minimum absolute atomic E-state index is 0.282. The Balaban J connectivity index is 2.45. The van der Waals surface area contributed by atoms with E-state index in [4.69, 9.17) is 18.8 Å². The molecule has 0 aromatic rings. The van der Waals surface area contributed by atoms with Gasteiger partial charge in [-0.25, -0.2) is 0 Å². The van der Waals surface area contributed by atoms with Crippen LogP contribution in [0.4, 0.5) is 0 Å². The zero-order valence-corrected chi connectivity index (χ0v) is 30.9. The highest BCUT2D eigenvalue weighted by molar-refractivity contribution is 6.70. The predicted molar refractivity (Wildman–Crippen MR) is 182 cm³/mol. The molecule has 0 aromatic carbocycles. The van der Waals surface area contributed by atoms with Crippen molar-refractivity contribution in [2.75, 3.05) is 13.2 Å². The molecule has 0 aromatic heterocycles. The van der Waals surface area contributed by atoms with E-state index in [9.17, 15) is 0 Å². The monoisotopic (exact) mass is 592 g/mol. The maximum atomic E-state index is 6.30. The summed E-state index contributed by atoms with van der Waals surface area (Å²) in [6, 6.07) is 0.824. The van der Waals surface area contributed by atoms with E-state index in [1.807, 2.05) is 0 Å². The van der Waals surface area contributed by atoms with Gasteiger partial charge < -0.3 is 8.85 Å². The molecule has 4 unspecified atom stereocenters. The van der Waals surface area contributed by atoms with Crippen molar-refractivity contribution < 1.29 is 8.85 Å². The second-order valence-electron chi connectivity index (χ2n) is 16.9. The largest absolute Gasteiger partial charge is 0.418 e. The number of nitrogens with zero attached hydrogens (tertiary/aromatic N) is 2. The zero-order valence-electron chi connectivity index (χ0n) is 28.9. The van der Waals surface area contributed by atoms with Crippen molar-refractivity contribution in [1.82, 2.24) is 0 Å². The molecule has 0 radical (unpaired) electrons. The first-order valence-corrected chi connectivity index (χ1v) is 23.6. The van der Waals surface area contributed by atoms with Crippen molar-refractivity contribution >= 4 is 28.1 Å². The number of aliphatic imine (C=N–C) groups is 2. The second kappa shape index (κ2) is 15.4. The third kappa shape index (κ3) is 13.3. The van der Waals surface area contributed by atoms with Crippen LogP contribution in [0.3, 0.4) is 0 Å². The van der Waals surface area contributed by atoms with E-state index >= 15 is 0 Å². The third-order valence-electron chi connectivity index (χ3n) is 8.85. The Bertz CT molecular complexity index is 744. The molecule has 2 rings (SSSR count). The molecular weight excluding hydrogens is 525 g/mol. The van der Waals surface area contributed by atoms with Crippen molar-refractivity contribution in [3.05, 3.63) is 0 Å². The van der Waals surface area contributed by atoms with Crippen LogP contribution in [0, 0.1) is 22.7 Å². The Morgan fingerprint density at radius 1 is 0.575 bits per heavy atom. The molecule has 0 heterocycles. The van der Waals surface area contributed by atoms with Gasteiger partial charge in [-0.1, -0.05) is 67.2 Å². The van der Waals surface area contributed by atoms with Crippen molar-refractivity contribution in [3.63, 3.8) is 0 Å². The Hall–Kier alpha value is -0.306. The van der Waals surface area contributed by atoms with Crippen molar-refractivity contribution in [2.24, 2.45) is 32.7 Å². The van der Waals surface area contributed by atoms with Gasteiger partial charge in [-0.15, -0.1) is 0 Å². The van der Waals surface area contributed by atoms with Gasteiger partial charge in [0.05, 0.1) is 23.5 Å². The molecule has 0 bridgehead atoms. The molecule has 6 heteroatoms. The quantitative estimate of drug-likeness (QED) is 0.121. The summed E-state index contributed by atoms with van der Waals surface area (Å²) in [5, 5.41) is 0. The lowest BCUT2D eigenvalue weighted by molar-refractivity contribution is 0.153. The van der Waals surface area contributed by atoms with E-state index in [1.54, 1.807) is 0 Å². The Kier molecular flexibility index (Phi) is 13.8. The summed E-state index contributed by atoms with van der Waals surface area (Å²) < 4.78 is 12.6. The fourth-order valence-electron chi connectivity index (χ4n) is 6.75. The molecule has 0 spiro atoms. The maximum absolute atomic E-state index is 6.30. The highest BCUT2D eigenvalue weighted by atomic mass is 28.4. The highest BCUT2D eigenvalue weighted by Crippen LogP contribution is 2.41. The lowest BCUT2D eigenvalue weighted by Gasteiger charge is -2.40. The topological polar surface area (TPSA) is 43.2 Å². The molecule has 4 nitrogen and oxygen atoms in total. The molecule has 2 aliphatic carbocycles. The average molecular weight is 593 g/mol. The molecule has 2 fully saturated rings. The zero-order chi connectivity index (χ0) is 30.2. The summed E-state index contributed by atoms with van der Waals surface area (Å²) in [5.41, 5.74) is 3.16. The van der Waals surface area contributed by atoms with E-state index in [0.717, 1.165) is 38.9 Å². The summed E-state index contributed by atoms with van der Waals surface area (Å²) >= 11 is 0. The molecule has 2 saturated carbocycles. The van der Waals surface area contributed by atoms with Crippen LogP contribution in [0.2, 0.25) is 39.3 Å². The van der Waals surface area contributed by atoms with Crippen molar-refractivity contribution in [2.45, 2.75) is 170 Å². The van der Waals surface area contributed by atoms with Crippen LogP contribution in [-0.4, -0.2) is 53.4 Å². The smallest absolute Gasteiger partial charge is 0.183 e. The Labute approximate surface area is 252 Å². The lowest BCUT2D eigenvalue weighted by Crippen LogP contribution is -2.37. The van der Waals surface area contributed by atoms with Gasteiger partial charge in [-0.05, 0) is 113 Å². The van der Waals surface area contributed by atoms with Crippen LogP contribution in [0.1, 0.15) is 119 Å². The molecular formula is C34H68N2O2Si2. The van der Waals surface area contributed by atoms with Crippen LogP contribution in [-0.2, 0) is 8.85 Å². The van der Waals surface area contributed by atoms with Gasteiger partial charge in [-0.2, -0.15) is 0 Å². The van der Waals surface area contributed by atoms with Gasteiger partial charge in [-0.3, -0.25) is 9.98 Å². The van der Waals surface area contributed by atoms with Gasteiger partial charge in [0.2, 0.25) is 0 Å². The van der Waals surface area contributed by atoms with Gasteiger partial charge >= 0.3 is 0 Å². The molecule has 0 amide bonds. The molecule has 40 heavy (non-hydrogen) atoms. The first kappa shape index (κ1) is 35.9. The molecule has 234 valence electrons. The van der Waals surface area contributed by atoms with Gasteiger partial charge in [0.15, 0.2) is 16.6 Å². The maximum Gasteiger partial charge on any atom is 0.183 e. The Morgan fingerprint density at radius 2 is 0.900 bits per heavy atom. The van der Waals surface area contributed by atoms with Gasteiger partial charge in [0.1, 0.15) is 0 Å². The van der Waals surface area contributed by atoms with Crippen LogP contribution in [0.5, 0.6) is 0 Å². The second-order valence-corrected chi connectivity index (χ2v) is 26.0. The van der Waals surface area contributed by atoms with Crippen molar-refractivity contribution in [1.29, 1.82) is 0 Å². The molecule has 2 aliphatic rings. The molecule has 0 aliphatic heterocycles. The molecule has 4 atom stereocenters.